The minimum atomic E-state index is -2.72. The molecule has 1 aromatic heterocycles. The van der Waals surface area contributed by atoms with Gasteiger partial charge in [0.1, 0.15) is 0 Å². The standard InChI is InChI=1S/C9H13F2N3O2/c1-5(2)7(12-9(15)16)6-3-4-14(13-6)8(10)11/h3-5,7-8,12H,1-2H3,(H,15,16)/t7-/m0/s1. The molecule has 0 fully saturated rings. The molecule has 0 spiro atoms. The highest BCUT2D eigenvalue weighted by molar-refractivity contribution is 5.65. The molecular formula is C9H13F2N3O2. The van der Waals surface area contributed by atoms with Crippen molar-refractivity contribution >= 4 is 6.09 Å². The van der Waals surface area contributed by atoms with Crippen molar-refractivity contribution in [1.82, 2.24) is 15.1 Å². The van der Waals surface area contributed by atoms with Crippen LogP contribution in [0.25, 0.3) is 0 Å². The SMILES string of the molecule is CC(C)[C@H](NC(=O)O)c1ccn(C(F)F)n1. The Morgan fingerprint density at radius 2 is 2.19 bits per heavy atom. The summed E-state index contributed by atoms with van der Waals surface area (Å²) in [5.41, 5.74) is 0.290. The maximum atomic E-state index is 12.3. The average Bonchev–Trinajstić information content (AvgIpc) is 2.61. The molecule has 1 rings (SSSR count). The van der Waals surface area contributed by atoms with Crippen LogP contribution >= 0.6 is 0 Å². The first kappa shape index (κ1) is 12.4. The number of rotatable bonds is 4. The van der Waals surface area contributed by atoms with E-state index in [1.807, 2.05) is 0 Å². The van der Waals surface area contributed by atoms with Gasteiger partial charge in [0.25, 0.3) is 0 Å². The van der Waals surface area contributed by atoms with Gasteiger partial charge in [-0.15, -0.1) is 0 Å². The first-order valence-electron chi connectivity index (χ1n) is 4.74. The van der Waals surface area contributed by atoms with Gasteiger partial charge in [-0.2, -0.15) is 13.9 Å². The molecule has 1 heterocycles. The molecule has 0 aliphatic heterocycles. The van der Waals surface area contributed by atoms with E-state index in [-0.39, 0.29) is 11.6 Å². The number of nitrogens with one attached hydrogen (secondary N) is 1. The van der Waals surface area contributed by atoms with Gasteiger partial charge < -0.3 is 10.4 Å². The fraction of sp³-hybridized carbons (Fsp3) is 0.556. The third-order valence-corrected chi connectivity index (χ3v) is 2.09. The van der Waals surface area contributed by atoms with Crippen LogP contribution in [0, 0.1) is 5.92 Å². The Morgan fingerprint density at radius 1 is 1.56 bits per heavy atom. The molecule has 90 valence electrons. The van der Waals surface area contributed by atoms with Gasteiger partial charge in [0.2, 0.25) is 0 Å². The van der Waals surface area contributed by atoms with Crippen LogP contribution in [0.4, 0.5) is 13.6 Å². The van der Waals surface area contributed by atoms with Crippen molar-refractivity contribution in [2.45, 2.75) is 26.4 Å². The second-order valence-electron chi connectivity index (χ2n) is 3.67. The second kappa shape index (κ2) is 4.91. The predicted octanol–water partition coefficient (Wildman–Crippen LogP) is 2.24. The smallest absolute Gasteiger partial charge is 0.405 e. The van der Waals surface area contributed by atoms with Crippen LogP contribution in [0.1, 0.15) is 32.1 Å². The lowest BCUT2D eigenvalue weighted by Gasteiger charge is -2.18. The number of carbonyl (C=O) groups is 1. The number of aromatic nitrogens is 2. The van der Waals surface area contributed by atoms with Gasteiger partial charge in [-0.05, 0) is 12.0 Å². The number of hydrogen-bond acceptors (Lipinski definition) is 2. The number of alkyl halides is 2. The molecule has 0 radical (unpaired) electrons. The molecule has 1 amide bonds. The van der Waals surface area contributed by atoms with Crippen molar-refractivity contribution in [2.24, 2.45) is 5.92 Å². The maximum absolute atomic E-state index is 12.3. The van der Waals surface area contributed by atoms with Gasteiger partial charge in [0.05, 0.1) is 11.7 Å². The van der Waals surface area contributed by atoms with E-state index in [1.165, 1.54) is 6.07 Å². The molecule has 0 bridgehead atoms. The topological polar surface area (TPSA) is 67.2 Å². The van der Waals surface area contributed by atoms with E-state index in [0.717, 1.165) is 6.20 Å². The molecule has 0 aromatic carbocycles. The molecule has 0 unspecified atom stereocenters. The summed E-state index contributed by atoms with van der Waals surface area (Å²) in [6, 6.07) is 0.796. The van der Waals surface area contributed by atoms with E-state index >= 15 is 0 Å². The average molecular weight is 233 g/mol. The normalized spacial score (nSPS) is 13.1. The summed E-state index contributed by atoms with van der Waals surface area (Å²) in [6.45, 7) is 0.843. The maximum Gasteiger partial charge on any atom is 0.405 e. The Morgan fingerprint density at radius 3 is 2.56 bits per heavy atom. The highest BCUT2D eigenvalue weighted by atomic mass is 19.3. The number of hydrogen-bond donors (Lipinski definition) is 2. The predicted molar refractivity (Wildman–Crippen MR) is 52.2 cm³/mol. The largest absolute Gasteiger partial charge is 0.465 e. The van der Waals surface area contributed by atoms with Crippen molar-refractivity contribution in [1.29, 1.82) is 0 Å². The Kier molecular flexibility index (Phi) is 3.81. The van der Waals surface area contributed by atoms with Gasteiger partial charge >= 0.3 is 12.6 Å². The fourth-order valence-corrected chi connectivity index (χ4v) is 1.34. The van der Waals surface area contributed by atoms with E-state index in [2.05, 4.69) is 10.4 Å². The summed E-state index contributed by atoms with van der Waals surface area (Å²) in [5, 5.41) is 14.5. The lowest BCUT2D eigenvalue weighted by atomic mass is 10.0. The molecule has 1 atom stereocenters. The number of halogens is 2. The Bertz CT molecular complexity index is 365. The molecule has 0 saturated carbocycles. The number of carboxylic acid groups (broad SMARTS) is 1. The zero-order valence-electron chi connectivity index (χ0n) is 8.89. The summed E-state index contributed by atoms with van der Waals surface area (Å²) >= 11 is 0. The molecule has 7 heteroatoms. The molecule has 16 heavy (non-hydrogen) atoms. The van der Waals surface area contributed by atoms with Crippen molar-refractivity contribution < 1.29 is 18.7 Å². The van der Waals surface area contributed by atoms with Gasteiger partial charge in [-0.25, -0.2) is 9.48 Å². The van der Waals surface area contributed by atoms with Gasteiger partial charge in [0.15, 0.2) is 0 Å². The second-order valence-corrected chi connectivity index (χ2v) is 3.67. The van der Waals surface area contributed by atoms with Crippen LogP contribution < -0.4 is 5.32 Å². The molecular weight excluding hydrogens is 220 g/mol. The summed E-state index contributed by atoms with van der Waals surface area (Å²) < 4.78 is 25.0. The molecule has 1 aromatic rings. The van der Waals surface area contributed by atoms with E-state index in [1.54, 1.807) is 13.8 Å². The van der Waals surface area contributed by atoms with Crippen LogP contribution in [0.2, 0.25) is 0 Å². The summed E-state index contributed by atoms with van der Waals surface area (Å²) in [4.78, 5) is 10.5. The molecule has 0 aliphatic rings. The minimum absolute atomic E-state index is 0.0721. The summed E-state index contributed by atoms with van der Waals surface area (Å²) in [6.07, 6.45) is -0.0795. The van der Waals surface area contributed by atoms with Gasteiger partial charge in [0, 0.05) is 6.20 Å². The van der Waals surface area contributed by atoms with Crippen LogP contribution in [-0.2, 0) is 0 Å². The monoisotopic (exact) mass is 233 g/mol. The Balaban J connectivity index is 2.88. The zero-order chi connectivity index (χ0) is 12.3. The van der Waals surface area contributed by atoms with Gasteiger partial charge in [-0.3, -0.25) is 0 Å². The van der Waals surface area contributed by atoms with E-state index in [9.17, 15) is 13.6 Å². The number of amides is 1. The summed E-state index contributed by atoms with van der Waals surface area (Å²) in [7, 11) is 0. The van der Waals surface area contributed by atoms with E-state index in [0.29, 0.717) is 4.68 Å². The van der Waals surface area contributed by atoms with Crippen LogP contribution in [0.15, 0.2) is 12.3 Å². The Labute approximate surface area is 91.1 Å². The van der Waals surface area contributed by atoms with E-state index in [4.69, 9.17) is 5.11 Å². The van der Waals surface area contributed by atoms with Crippen molar-refractivity contribution in [2.75, 3.05) is 0 Å². The van der Waals surface area contributed by atoms with E-state index < -0.39 is 18.7 Å². The molecule has 0 aliphatic carbocycles. The molecule has 0 saturated heterocycles. The fourth-order valence-electron chi connectivity index (χ4n) is 1.34. The van der Waals surface area contributed by atoms with Crippen molar-refractivity contribution in [3.05, 3.63) is 18.0 Å². The van der Waals surface area contributed by atoms with Crippen LogP contribution in [-0.4, -0.2) is 21.0 Å². The van der Waals surface area contributed by atoms with Crippen molar-refractivity contribution in [3.8, 4) is 0 Å². The lowest BCUT2D eigenvalue weighted by Crippen LogP contribution is -2.30. The third-order valence-electron chi connectivity index (χ3n) is 2.09. The first-order valence-corrected chi connectivity index (χ1v) is 4.74. The summed E-state index contributed by atoms with van der Waals surface area (Å²) in [5.74, 6) is -0.0721. The van der Waals surface area contributed by atoms with Crippen LogP contribution in [0.5, 0.6) is 0 Å². The lowest BCUT2D eigenvalue weighted by molar-refractivity contribution is 0.0558. The highest BCUT2D eigenvalue weighted by Crippen LogP contribution is 2.21. The van der Waals surface area contributed by atoms with Crippen LogP contribution in [0.3, 0.4) is 0 Å². The van der Waals surface area contributed by atoms with Crippen molar-refractivity contribution in [3.63, 3.8) is 0 Å². The first-order chi connectivity index (χ1) is 7.41. The quantitative estimate of drug-likeness (QED) is 0.838. The number of nitrogens with zero attached hydrogens (tertiary/aromatic N) is 2. The molecule has 5 nitrogen and oxygen atoms in total. The molecule has 2 N–H and O–H groups in total. The zero-order valence-corrected chi connectivity index (χ0v) is 8.89. The minimum Gasteiger partial charge on any atom is -0.465 e. The third kappa shape index (κ3) is 2.91. The Hall–Kier alpha value is -1.66. The highest BCUT2D eigenvalue weighted by Gasteiger charge is 2.21. The van der Waals surface area contributed by atoms with Gasteiger partial charge in [-0.1, -0.05) is 13.8 Å².